The first-order valence-electron chi connectivity index (χ1n) is 5.00. The van der Waals surface area contributed by atoms with E-state index in [1.165, 1.54) is 0 Å². The Morgan fingerprint density at radius 1 is 1.43 bits per heavy atom. The molecule has 3 fully saturated rings. The van der Waals surface area contributed by atoms with E-state index in [0.29, 0.717) is 11.2 Å². The van der Waals surface area contributed by atoms with Crippen LogP contribution in [0.3, 0.4) is 0 Å². The van der Waals surface area contributed by atoms with Gasteiger partial charge in [-0.1, -0.05) is 0 Å². The molecule has 76 valence electrons. The van der Waals surface area contributed by atoms with Crippen LogP contribution in [0.15, 0.2) is 0 Å². The molecule has 4 nitrogen and oxygen atoms in total. The van der Waals surface area contributed by atoms with Crippen molar-refractivity contribution in [3.05, 3.63) is 0 Å². The summed E-state index contributed by atoms with van der Waals surface area (Å²) in [6.07, 6.45) is 4.23. The van der Waals surface area contributed by atoms with E-state index in [-0.39, 0.29) is 12.0 Å². The number of hydrogen-bond acceptors (Lipinski definition) is 3. The van der Waals surface area contributed by atoms with E-state index in [1.54, 1.807) is 0 Å². The maximum Gasteiger partial charge on any atom is 0.254 e. The summed E-state index contributed by atoms with van der Waals surface area (Å²) in [4.78, 5) is 11.8. The molecule has 0 aromatic rings. The van der Waals surface area contributed by atoms with Crippen LogP contribution in [-0.2, 0) is 9.53 Å². The number of carbonyl (C=O) groups is 1. The van der Waals surface area contributed by atoms with Crippen LogP contribution in [0.1, 0.15) is 25.7 Å². The van der Waals surface area contributed by atoms with Gasteiger partial charge in [0.1, 0.15) is 5.54 Å². The lowest BCUT2D eigenvalue weighted by atomic mass is 9.86. The Bertz CT molecular complexity index is 320. The highest BCUT2D eigenvalue weighted by atomic mass is 32.1. The summed E-state index contributed by atoms with van der Waals surface area (Å²) in [7, 11) is 0. The molecule has 0 aromatic carbocycles. The second-order valence-electron chi connectivity index (χ2n) is 4.24. The maximum atomic E-state index is 11.8. The SMILES string of the molecule is O=C1NC(=S)NC12CCC1CCC2O1. The molecule has 3 heterocycles. The van der Waals surface area contributed by atoms with Gasteiger partial charge in [-0.15, -0.1) is 0 Å². The molecule has 3 saturated heterocycles. The molecule has 0 saturated carbocycles. The molecule has 2 N–H and O–H groups in total. The van der Waals surface area contributed by atoms with Gasteiger partial charge in [0.25, 0.3) is 5.91 Å². The Balaban J connectivity index is 1.95. The average molecular weight is 212 g/mol. The highest BCUT2D eigenvalue weighted by Gasteiger charge is 2.56. The largest absolute Gasteiger partial charge is 0.372 e. The van der Waals surface area contributed by atoms with Gasteiger partial charge in [-0.2, -0.15) is 0 Å². The van der Waals surface area contributed by atoms with Crippen molar-refractivity contribution in [2.75, 3.05) is 0 Å². The van der Waals surface area contributed by atoms with Crippen LogP contribution in [0.5, 0.6) is 0 Å². The van der Waals surface area contributed by atoms with Gasteiger partial charge in [0.2, 0.25) is 0 Å². The fraction of sp³-hybridized carbons (Fsp3) is 0.778. The van der Waals surface area contributed by atoms with E-state index < -0.39 is 5.54 Å². The molecule has 3 rings (SSSR count). The minimum atomic E-state index is -0.552. The van der Waals surface area contributed by atoms with E-state index in [4.69, 9.17) is 17.0 Å². The van der Waals surface area contributed by atoms with E-state index in [0.717, 1.165) is 25.7 Å². The van der Waals surface area contributed by atoms with Crippen molar-refractivity contribution >= 4 is 23.2 Å². The number of rotatable bonds is 0. The van der Waals surface area contributed by atoms with E-state index in [1.807, 2.05) is 0 Å². The van der Waals surface area contributed by atoms with Crippen molar-refractivity contribution in [2.45, 2.75) is 43.4 Å². The molecule has 3 atom stereocenters. The molecule has 1 amide bonds. The number of thiocarbonyl (C=S) groups is 1. The van der Waals surface area contributed by atoms with Crippen LogP contribution < -0.4 is 10.6 Å². The normalized spacial score (nSPS) is 45.4. The fourth-order valence-electron chi connectivity index (χ4n) is 2.74. The Kier molecular flexibility index (Phi) is 1.64. The van der Waals surface area contributed by atoms with Crippen LogP contribution in [-0.4, -0.2) is 28.8 Å². The summed E-state index contributed by atoms with van der Waals surface area (Å²) in [5, 5.41) is 6.20. The van der Waals surface area contributed by atoms with Crippen LogP contribution in [0, 0.1) is 0 Å². The lowest BCUT2D eigenvalue weighted by Gasteiger charge is -2.36. The predicted molar refractivity (Wildman–Crippen MR) is 53.7 cm³/mol. The molecule has 0 radical (unpaired) electrons. The average Bonchev–Trinajstić information content (AvgIpc) is 2.65. The number of amides is 1. The van der Waals surface area contributed by atoms with Crippen molar-refractivity contribution < 1.29 is 9.53 Å². The first-order valence-corrected chi connectivity index (χ1v) is 5.40. The molecule has 0 aromatic heterocycles. The third-order valence-corrected chi connectivity index (χ3v) is 3.69. The quantitative estimate of drug-likeness (QED) is 0.558. The summed E-state index contributed by atoms with van der Waals surface area (Å²) in [5.41, 5.74) is -0.552. The van der Waals surface area contributed by atoms with E-state index in [2.05, 4.69) is 10.6 Å². The topological polar surface area (TPSA) is 50.4 Å². The fourth-order valence-corrected chi connectivity index (χ4v) is 3.01. The smallest absolute Gasteiger partial charge is 0.254 e. The standard InChI is InChI=1S/C9H12N2O2S/c12-7-9(11-8(14)10-7)4-3-5-1-2-6(9)13-5/h5-6H,1-4H2,(H2,10,11,12,14). The second-order valence-corrected chi connectivity index (χ2v) is 4.65. The van der Waals surface area contributed by atoms with Crippen molar-refractivity contribution in [3.8, 4) is 0 Å². The zero-order valence-corrected chi connectivity index (χ0v) is 8.52. The van der Waals surface area contributed by atoms with Crippen molar-refractivity contribution in [1.82, 2.24) is 10.6 Å². The molecule has 14 heavy (non-hydrogen) atoms. The van der Waals surface area contributed by atoms with Gasteiger partial charge in [-0.3, -0.25) is 4.79 Å². The predicted octanol–water partition coefficient (Wildman–Crippen LogP) is 0.0709. The number of carbonyl (C=O) groups excluding carboxylic acids is 1. The van der Waals surface area contributed by atoms with Crippen molar-refractivity contribution in [1.29, 1.82) is 0 Å². The van der Waals surface area contributed by atoms with Crippen LogP contribution >= 0.6 is 12.2 Å². The maximum absolute atomic E-state index is 11.8. The minimum absolute atomic E-state index is 0.00662. The second kappa shape index (κ2) is 2.67. The molecule has 3 aliphatic heterocycles. The van der Waals surface area contributed by atoms with Gasteiger partial charge in [-0.05, 0) is 37.9 Å². The number of fused-ring (bicyclic) bond motifs is 3. The molecule has 3 aliphatic rings. The van der Waals surface area contributed by atoms with Gasteiger partial charge in [0, 0.05) is 0 Å². The van der Waals surface area contributed by atoms with Crippen LogP contribution in [0.2, 0.25) is 0 Å². The first kappa shape index (κ1) is 8.61. The number of hydrogen-bond donors (Lipinski definition) is 2. The molecule has 0 aliphatic carbocycles. The highest BCUT2D eigenvalue weighted by molar-refractivity contribution is 7.80. The Hall–Kier alpha value is -0.680. The third-order valence-electron chi connectivity index (χ3n) is 3.49. The van der Waals surface area contributed by atoms with Crippen LogP contribution in [0.25, 0.3) is 0 Å². The summed E-state index contributed by atoms with van der Waals surface area (Å²) in [6.45, 7) is 0. The number of nitrogens with one attached hydrogen (secondary N) is 2. The zero-order valence-electron chi connectivity index (χ0n) is 7.71. The van der Waals surface area contributed by atoms with Gasteiger partial charge < -0.3 is 15.4 Å². The highest BCUT2D eigenvalue weighted by Crippen LogP contribution is 2.40. The van der Waals surface area contributed by atoms with Gasteiger partial charge in [0.05, 0.1) is 12.2 Å². The molecule has 2 bridgehead atoms. The van der Waals surface area contributed by atoms with Crippen molar-refractivity contribution in [3.63, 3.8) is 0 Å². The minimum Gasteiger partial charge on any atom is -0.372 e. The molecule has 3 unspecified atom stereocenters. The Labute approximate surface area is 87.4 Å². The summed E-state index contributed by atoms with van der Waals surface area (Å²) < 4.78 is 5.77. The lowest BCUT2D eigenvalue weighted by molar-refractivity contribution is -0.134. The Morgan fingerprint density at radius 3 is 3.00 bits per heavy atom. The van der Waals surface area contributed by atoms with E-state index >= 15 is 0 Å². The molecule has 5 heteroatoms. The zero-order chi connectivity index (χ0) is 9.76. The Morgan fingerprint density at radius 2 is 2.29 bits per heavy atom. The van der Waals surface area contributed by atoms with Gasteiger partial charge in [-0.25, -0.2) is 0 Å². The van der Waals surface area contributed by atoms with E-state index in [9.17, 15) is 4.79 Å². The number of ether oxygens (including phenoxy) is 1. The van der Waals surface area contributed by atoms with Gasteiger partial charge in [0.15, 0.2) is 5.11 Å². The summed E-state index contributed by atoms with van der Waals surface area (Å²) >= 11 is 4.97. The molecular weight excluding hydrogens is 200 g/mol. The first-order chi connectivity index (χ1) is 6.71. The van der Waals surface area contributed by atoms with Gasteiger partial charge >= 0.3 is 0 Å². The molecular formula is C9H12N2O2S. The lowest BCUT2D eigenvalue weighted by Crippen LogP contribution is -2.58. The summed E-state index contributed by atoms with van der Waals surface area (Å²) in [6, 6.07) is 0. The summed E-state index contributed by atoms with van der Waals surface area (Å²) in [5.74, 6) is -0.00662. The van der Waals surface area contributed by atoms with Crippen LogP contribution in [0.4, 0.5) is 0 Å². The molecule has 1 spiro atoms. The van der Waals surface area contributed by atoms with Crippen molar-refractivity contribution in [2.24, 2.45) is 0 Å². The third kappa shape index (κ3) is 0.966. The monoisotopic (exact) mass is 212 g/mol.